The molecule has 0 aliphatic carbocycles. The summed E-state index contributed by atoms with van der Waals surface area (Å²) < 4.78 is 38.5. The van der Waals surface area contributed by atoms with Gasteiger partial charge >= 0.3 is 0 Å². The monoisotopic (exact) mass is 499 g/mol. The molecule has 0 unspecified atom stereocenters. The highest BCUT2D eigenvalue weighted by atomic mass is 32.2. The molecule has 11 heteroatoms. The van der Waals surface area contributed by atoms with E-state index in [0.29, 0.717) is 42.3 Å². The van der Waals surface area contributed by atoms with E-state index < -0.39 is 10.0 Å². The van der Waals surface area contributed by atoms with Crippen LogP contribution in [-0.4, -0.2) is 86.2 Å². The number of nitrogens with zero attached hydrogens (tertiary/aromatic N) is 3. The van der Waals surface area contributed by atoms with Crippen LogP contribution in [0.4, 0.5) is 0 Å². The van der Waals surface area contributed by atoms with Crippen molar-refractivity contribution in [1.29, 1.82) is 0 Å². The first kappa shape index (κ1) is 23.3. The molecule has 0 spiro atoms. The molecule has 3 aliphatic heterocycles. The largest absolute Gasteiger partial charge is 0.486 e. The highest BCUT2D eigenvalue weighted by molar-refractivity contribution is 7.89. The smallest absolute Gasteiger partial charge is 0.261 e. The summed E-state index contributed by atoms with van der Waals surface area (Å²) in [6.07, 6.45) is 0.516. The zero-order chi connectivity index (χ0) is 24.6. The molecular formula is C24H25N3O7S. The maximum absolute atomic E-state index is 13.1. The predicted molar refractivity (Wildman–Crippen MR) is 124 cm³/mol. The standard InChI is InChI=1S/C24H25N3O7S/c28-22(6-3-9-27-23(29)18-4-1-2-5-19(18)24(27)30)25-10-12-26(13-11-25)35(31,32)17-7-8-20-21(16-17)34-15-14-33-20/h1-2,4-5,7-8,16H,3,6,9-15H2. The van der Waals surface area contributed by atoms with E-state index in [2.05, 4.69) is 0 Å². The average molecular weight is 500 g/mol. The minimum Gasteiger partial charge on any atom is -0.486 e. The highest BCUT2D eigenvalue weighted by Crippen LogP contribution is 2.33. The van der Waals surface area contributed by atoms with E-state index in [-0.39, 0.29) is 61.8 Å². The van der Waals surface area contributed by atoms with Crippen LogP contribution in [0.3, 0.4) is 0 Å². The molecule has 35 heavy (non-hydrogen) atoms. The summed E-state index contributed by atoms with van der Waals surface area (Å²) in [5, 5.41) is 0. The number of fused-ring (bicyclic) bond motifs is 2. The first-order valence-corrected chi connectivity index (χ1v) is 12.9. The van der Waals surface area contributed by atoms with E-state index in [1.807, 2.05) is 0 Å². The molecule has 3 heterocycles. The number of carbonyl (C=O) groups excluding carboxylic acids is 3. The third kappa shape index (κ3) is 4.37. The number of hydrogen-bond acceptors (Lipinski definition) is 7. The molecule has 1 saturated heterocycles. The van der Waals surface area contributed by atoms with Crippen LogP contribution >= 0.6 is 0 Å². The Morgan fingerprint density at radius 2 is 1.49 bits per heavy atom. The molecule has 1 fully saturated rings. The molecule has 3 amide bonds. The third-order valence-electron chi connectivity index (χ3n) is 6.39. The zero-order valence-electron chi connectivity index (χ0n) is 19.0. The molecule has 3 aliphatic rings. The van der Waals surface area contributed by atoms with E-state index in [1.54, 1.807) is 35.2 Å². The number of imide groups is 1. The Hall–Kier alpha value is -3.44. The Labute approximate surface area is 203 Å². The first-order chi connectivity index (χ1) is 16.9. The molecule has 184 valence electrons. The first-order valence-electron chi connectivity index (χ1n) is 11.5. The molecule has 10 nitrogen and oxygen atoms in total. The van der Waals surface area contributed by atoms with Gasteiger partial charge in [-0.2, -0.15) is 4.31 Å². The number of carbonyl (C=O) groups is 3. The molecule has 0 radical (unpaired) electrons. The number of amides is 3. The van der Waals surface area contributed by atoms with Crippen molar-refractivity contribution < 1.29 is 32.3 Å². The van der Waals surface area contributed by atoms with Crippen LogP contribution in [0.2, 0.25) is 0 Å². The van der Waals surface area contributed by atoms with E-state index in [9.17, 15) is 22.8 Å². The normalized spacial score (nSPS) is 18.1. The van der Waals surface area contributed by atoms with Crippen LogP contribution in [0.5, 0.6) is 11.5 Å². The summed E-state index contributed by atoms with van der Waals surface area (Å²) in [4.78, 5) is 40.5. The highest BCUT2D eigenvalue weighted by Gasteiger charge is 2.35. The van der Waals surface area contributed by atoms with Crippen molar-refractivity contribution in [3.05, 3.63) is 53.6 Å². The van der Waals surface area contributed by atoms with Gasteiger partial charge in [0, 0.05) is 45.2 Å². The van der Waals surface area contributed by atoms with Gasteiger partial charge in [0.25, 0.3) is 11.8 Å². The number of ether oxygens (including phenoxy) is 2. The summed E-state index contributed by atoms with van der Waals surface area (Å²) in [6, 6.07) is 11.2. The van der Waals surface area contributed by atoms with E-state index in [1.165, 1.54) is 21.3 Å². The van der Waals surface area contributed by atoms with Gasteiger partial charge in [0.2, 0.25) is 15.9 Å². The summed E-state index contributed by atoms with van der Waals surface area (Å²) >= 11 is 0. The van der Waals surface area contributed by atoms with Crippen LogP contribution in [0, 0.1) is 0 Å². The van der Waals surface area contributed by atoms with Crippen molar-refractivity contribution in [3.63, 3.8) is 0 Å². The maximum Gasteiger partial charge on any atom is 0.261 e. The van der Waals surface area contributed by atoms with Gasteiger partial charge in [0.05, 0.1) is 16.0 Å². The number of rotatable bonds is 6. The summed E-state index contributed by atoms with van der Waals surface area (Å²) in [5.74, 6) is 0.126. The molecule has 2 aromatic carbocycles. The van der Waals surface area contributed by atoms with Crippen molar-refractivity contribution in [1.82, 2.24) is 14.1 Å². The second-order valence-electron chi connectivity index (χ2n) is 8.50. The Morgan fingerprint density at radius 3 is 2.14 bits per heavy atom. The van der Waals surface area contributed by atoms with E-state index in [0.717, 1.165) is 0 Å². The number of hydrogen-bond donors (Lipinski definition) is 0. The Morgan fingerprint density at radius 1 is 0.857 bits per heavy atom. The predicted octanol–water partition coefficient (Wildman–Crippen LogP) is 1.37. The molecule has 0 aromatic heterocycles. The van der Waals surface area contributed by atoms with Gasteiger partial charge in [0.1, 0.15) is 13.2 Å². The summed E-state index contributed by atoms with van der Waals surface area (Å²) in [5.41, 5.74) is 0.776. The molecule has 0 atom stereocenters. The topological polar surface area (TPSA) is 114 Å². The molecular weight excluding hydrogens is 474 g/mol. The molecule has 2 aromatic rings. The fourth-order valence-electron chi connectivity index (χ4n) is 4.50. The zero-order valence-corrected chi connectivity index (χ0v) is 19.8. The van der Waals surface area contributed by atoms with Crippen LogP contribution in [0.25, 0.3) is 0 Å². The number of piperazine rings is 1. The number of sulfonamides is 1. The van der Waals surface area contributed by atoms with Gasteiger partial charge in [-0.15, -0.1) is 0 Å². The maximum atomic E-state index is 13.1. The Balaban J connectivity index is 1.13. The van der Waals surface area contributed by atoms with Crippen molar-refractivity contribution in [2.24, 2.45) is 0 Å². The SMILES string of the molecule is O=C(CCCN1C(=O)c2ccccc2C1=O)N1CCN(S(=O)(=O)c2ccc3c(c2)OCCO3)CC1. The van der Waals surface area contributed by atoms with Gasteiger partial charge < -0.3 is 14.4 Å². The lowest BCUT2D eigenvalue weighted by Gasteiger charge is -2.34. The fourth-order valence-corrected chi connectivity index (χ4v) is 5.94. The van der Waals surface area contributed by atoms with Gasteiger partial charge in [-0.3, -0.25) is 19.3 Å². The second-order valence-corrected chi connectivity index (χ2v) is 10.4. The average Bonchev–Trinajstić information content (AvgIpc) is 3.13. The minimum atomic E-state index is -3.73. The fraction of sp³-hybridized carbons (Fsp3) is 0.375. The third-order valence-corrected chi connectivity index (χ3v) is 8.29. The van der Waals surface area contributed by atoms with Gasteiger partial charge in [-0.05, 0) is 30.7 Å². The lowest BCUT2D eigenvalue weighted by molar-refractivity contribution is -0.132. The van der Waals surface area contributed by atoms with Crippen molar-refractivity contribution in [2.75, 3.05) is 45.9 Å². The lowest BCUT2D eigenvalue weighted by Crippen LogP contribution is -2.50. The molecule has 0 N–H and O–H groups in total. The lowest BCUT2D eigenvalue weighted by atomic mass is 10.1. The van der Waals surface area contributed by atoms with Crippen molar-refractivity contribution in [2.45, 2.75) is 17.7 Å². The quantitative estimate of drug-likeness (QED) is 0.552. The summed E-state index contributed by atoms with van der Waals surface area (Å²) in [7, 11) is -3.73. The van der Waals surface area contributed by atoms with Crippen LogP contribution < -0.4 is 9.47 Å². The van der Waals surface area contributed by atoms with Crippen LogP contribution in [0.15, 0.2) is 47.4 Å². The Bertz CT molecular complexity index is 1250. The molecule has 5 rings (SSSR count). The molecule has 0 saturated carbocycles. The molecule has 0 bridgehead atoms. The van der Waals surface area contributed by atoms with Gasteiger partial charge in [0.15, 0.2) is 11.5 Å². The minimum absolute atomic E-state index is 0.127. The van der Waals surface area contributed by atoms with Crippen molar-refractivity contribution >= 4 is 27.7 Å². The van der Waals surface area contributed by atoms with Crippen LogP contribution in [-0.2, 0) is 14.8 Å². The summed E-state index contributed by atoms with van der Waals surface area (Å²) in [6.45, 7) is 1.86. The van der Waals surface area contributed by atoms with E-state index >= 15 is 0 Å². The number of benzene rings is 2. The van der Waals surface area contributed by atoms with Gasteiger partial charge in [-0.1, -0.05) is 12.1 Å². The Kier molecular flexibility index (Phi) is 6.20. The van der Waals surface area contributed by atoms with Crippen molar-refractivity contribution in [3.8, 4) is 11.5 Å². The second kappa shape index (κ2) is 9.31. The van der Waals surface area contributed by atoms with Gasteiger partial charge in [-0.25, -0.2) is 8.42 Å². The van der Waals surface area contributed by atoms with E-state index in [4.69, 9.17) is 9.47 Å². The van der Waals surface area contributed by atoms with Crippen LogP contribution in [0.1, 0.15) is 33.6 Å².